The second-order valence-electron chi connectivity index (χ2n) is 6.91. The summed E-state index contributed by atoms with van der Waals surface area (Å²) in [5.41, 5.74) is -2.30. The third kappa shape index (κ3) is 7.64. The molecule has 35 heavy (non-hydrogen) atoms. The van der Waals surface area contributed by atoms with Gasteiger partial charge >= 0.3 is 12.8 Å². The quantitative estimate of drug-likeness (QED) is 0.367. The summed E-state index contributed by atoms with van der Waals surface area (Å²) >= 11 is 0. The number of hydrogen-bond donors (Lipinski definition) is 2. The van der Waals surface area contributed by atoms with E-state index in [4.69, 9.17) is 5.26 Å². The SMILES string of the molecule is N#CCNC(=O)[C@@H](CNC(=O)c1ccccc1C(F)(F)F)S(=O)(=O)Cc1ccccc1OC(F)F. The number of nitrogens with one attached hydrogen (secondary N) is 2. The van der Waals surface area contributed by atoms with Crippen molar-refractivity contribution >= 4 is 21.7 Å². The van der Waals surface area contributed by atoms with Gasteiger partial charge in [0.1, 0.15) is 12.3 Å². The first kappa shape index (κ1) is 27.5. The van der Waals surface area contributed by atoms with Gasteiger partial charge in [0.25, 0.3) is 5.91 Å². The molecular weight excluding hydrogens is 501 g/mol. The molecule has 0 aliphatic heterocycles. The first-order valence-electron chi connectivity index (χ1n) is 9.70. The fraction of sp³-hybridized carbons (Fsp3) is 0.286. The van der Waals surface area contributed by atoms with Crippen molar-refractivity contribution < 1.29 is 44.7 Å². The summed E-state index contributed by atoms with van der Waals surface area (Å²) in [5, 5.41) is 10.6. The van der Waals surface area contributed by atoms with Crippen molar-refractivity contribution in [1.29, 1.82) is 5.26 Å². The molecule has 0 aliphatic carbocycles. The lowest BCUT2D eigenvalue weighted by molar-refractivity contribution is -0.138. The lowest BCUT2D eigenvalue weighted by atomic mass is 10.1. The molecule has 0 aromatic heterocycles. The summed E-state index contributed by atoms with van der Waals surface area (Å²) in [5.74, 6) is -3.96. The molecule has 0 spiro atoms. The number of carbonyl (C=O) groups excluding carboxylic acids is 2. The van der Waals surface area contributed by atoms with Crippen molar-refractivity contribution in [1.82, 2.24) is 10.6 Å². The maximum Gasteiger partial charge on any atom is 0.417 e. The van der Waals surface area contributed by atoms with Crippen molar-refractivity contribution in [2.45, 2.75) is 23.8 Å². The Hall–Kier alpha value is -3.73. The largest absolute Gasteiger partial charge is 0.435 e. The predicted octanol–water partition coefficient (Wildman–Crippen LogP) is 2.66. The maximum atomic E-state index is 13.2. The van der Waals surface area contributed by atoms with Gasteiger partial charge in [-0.25, -0.2) is 8.42 Å². The molecule has 2 aromatic carbocycles. The van der Waals surface area contributed by atoms with E-state index < -0.39 is 75.4 Å². The number of alkyl halides is 5. The van der Waals surface area contributed by atoms with E-state index in [1.807, 2.05) is 10.6 Å². The van der Waals surface area contributed by atoms with Gasteiger partial charge < -0.3 is 15.4 Å². The average Bonchev–Trinajstić information content (AvgIpc) is 2.77. The summed E-state index contributed by atoms with van der Waals surface area (Å²) in [6.45, 7) is -4.81. The number of benzene rings is 2. The molecule has 2 amide bonds. The zero-order valence-corrected chi connectivity index (χ0v) is 18.5. The molecule has 2 N–H and O–H groups in total. The second kappa shape index (κ2) is 11.6. The molecule has 0 saturated carbocycles. The fourth-order valence-electron chi connectivity index (χ4n) is 2.98. The first-order valence-corrected chi connectivity index (χ1v) is 11.4. The number of ether oxygens (including phenoxy) is 1. The van der Waals surface area contributed by atoms with Gasteiger partial charge in [-0.3, -0.25) is 9.59 Å². The lowest BCUT2D eigenvalue weighted by Gasteiger charge is -2.19. The molecule has 0 unspecified atom stereocenters. The summed E-state index contributed by atoms with van der Waals surface area (Å²) in [7, 11) is -4.56. The van der Waals surface area contributed by atoms with Crippen molar-refractivity contribution in [2.75, 3.05) is 13.1 Å². The minimum Gasteiger partial charge on any atom is -0.435 e. The van der Waals surface area contributed by atoms with Crippen LogP contribution in [0.5, 0.6) is 5.75 Å². The molecule has 1 atom stereocenters. The maximum absolute atomic E-state index is 13.2. The molecule has 2 aromatic rings. The highest BCUT2D eigenvalue weighted by atomic mass is 32.2. The van der Waals surface area contributed by atoms with Crippen LogP contribution in [0.1, 0.15) is 21.5 Å². The van der Waals surface area contributed by atoms with E-state index >= 15 is 0 Å². The van der Waals surface area contributed by atoms with Crippen LogP contribution in [0.15, 0.2) is 48.5 Å². The molecule has 0 fully saturated rings. The van der Waals surface area contributed by atoms with Crippen LogP contribution in [0, 0.1) is 11.3 Å². The fourth-order valence-corrected chi connectivity index (χ4v) is 4.60. The Morgan fingerprint density at radius 1 is 1.03 bits per heavy atom. The van der Waals surface area contributed by atoms with Crippen molar-refractivity contribution in [2.24, 2.45) is 0 Å². The normalized spacial score (nSPS) is 12.5. The summed E-state index contributed by atoms with van der Waals surface area (Å²) in [6, 6.07) is 10.2. The van der Waals surface area contributed by atoms with Gasteiger partial charge in [-0.1, -0.05) is 30.3 Å². The number of halogens is 5. The third-order valence-corrected chi connectivity index (χ3v) is 6.50. The molecule has 14 heteroatoms. The van der Waals surface area contributed by atoms with Crippen LogP contribution in [0.25, 0.3) is 0 Å². The number of rotatable bonds is 10. The van der Waals surface area contributed by atoms with Crippen LogP contribution in [0.4, 0.5) is 22.0 Å². The summed E-state index contributed by atoms with van der Waals surface area (Å²) in [4.78, 5) is 24.9. The number of nitriles is 1. The van der Waals surface area contributed by atoms with Gasteiger partial charge in [0.05, 0.1) is 22.9 Å². The minimum absolute atomic E-state index is 0.223. The summed E-state index contributed by atoms with van der Waals surface area (Å²) in [6.07, 6.45) is -4.88. The molecule has 188 valence electrons. The van der Waals surface area contributed by atoms with E-state index in [0.29, 0.717) is 6.07 Å². The van der Waals surface area contributed by atoms with Crippen LogP contribution >= 0.6 is 0 Å². The van der Waals surface area contributed by atoms with E-state index in [-0.39, 0.29) is 5.56 Å². The molecule has 0 saturated heterocycles. The Labute approximate surface area is 196 Å². The molecular formula is C21H18F5N3O5S. The Bertz CT molecular complexity index is 1210. The Kier molecular flexibility index (Phi) is 9.12. The van der Waals surface area contributed by atoms with E-state index in [0.717, 1.165) is 30.3 Å². The van der Waals surface area contributed by atoms with E-state index in [1.165, 1.54) is 12.1 Å². The number of para-hydroxylation sites is 1. The van der Waals surface area contributed by atoms with Gasteiger partial charge in [-0.15, -0.1) is 0 Å². The van der Waals surface area contributed by atoms with Gasteiger partial charge in [0.2, 0.25) is 5.91 Å². The number of hydrogen-bond acceptors (Lipinski definition) is 6. The van der Waals surface area contributed by atoms with E-state index in [1.54, 1.807) is 6.07 Å². The standard InChI is InChI=1S/C21H18F5N3O5S/c22-20(23)34-16-8-4-1-5-13(16)12-35(32,33)17(19(31)28-10-9-27)11-29-18(30)14-6-2-3-7-15(14)21(24,25)26/h1-8,17,20H,10-12H2,(H,28,31)(H,29,30)/t17-/m1/s1. The molecule has 0 heterocycles. The van der Waals surface area contributed by atoms with E-state index in [2.05, 4.69) is 4.74 Å². The first-order chi connectivity index (χ1) is 16.4. The minimum atomic E-state index is -4.88. The topological polar surface area (TPSA) is 125 Å². The lowest BCUT2D eigenvalue weighted by Crippen LogP contribution is -2.47. The molecule has 0 bridgehead atoms. The van der Waals surface area contributed by atoms with Crippen LogP contribution in [0.3, 0.4) is 0 Å². The van der Waals surface area contributed by atoms with Crippen LogP contribution in [0.2, 0.25) is 0 Å². The highest BCUT2D eigenvalue weighted by Gasteiger charge is 2.37. The van der Waals surface area contributed by atoms with Gasteiger partial charge in [-0.05, 0) is 18.2 Å². The zero-order valence-electron chi connectivity index (χ0n) is 17.7. The zero-order chi connectivity index (χ0) is 26.2. The highest BCUT2D eigenvalue weighted by Crippen LogP contribution is 2.31. The highest BCUT2D eigenvalue weighted by molar-refractivity contribution is 7.92. The number of amides is 2. The smallest absolute Gasteiger partial charge is 0.417 e. The second-order valence-corrected chi connectivity index (χ2v) is 9.09. The van der Waals surface area contributed by atoms with Crippen LogP contribution in [-0.4, -0.2) is 45.2 Å². The number of nitrogens with zero attached hydrogens (tertiary/aromatic N) is 1. The van der Waals surface area contributed by atoms with Gasteiger partial charge in [0, 0.05) is 12.1 Å². The third-order valence-electron chi connectivity index (χ3n) is 4.54. The molecule has 0 aliphatic rings. The van der Waals surface area contributed by atoms with Gasteiger partial charge in [0.15, 0.2) is 15.1 Å². The van der Waals surface area contributed by atoms with Crippen molar-refractivity contribution in [3.8, 4) is 11.8 Å². The van der Waals surface area contributed by atoms with Crippen LogP contribution < -0.4 is 15.4 Å². The van der Waals surface area contributed by atoms with Crippen molar-refractivity contribution in [3.63, 3.8) is 0 Å². The molecule has 2 rings (SSSR count). The van der Waals surface area contributed by atoms with E-state index in [9.17, 15) is 40.0 Å². The monoisotopic (exact) mass is 519 g/mol. The van der Waals surface area contributed by atoms with Gasteiger partial charge in [-0.2, -0.15) is 27.2 Å². The Balaban J connectivity index is 2.32. The predicted molar refractivity (Wildman–Crippen MR) is 112 cm³/mol. The van der Waals surface area contributed by atoms with Crippen LogP contribution in [-0.2, 0) is 26.6 Å². The average molecular weight is 519 g/mol. The van der Waals surface area contributed by atoms with Crippen molar-refractivity contribution in [3.05, 3.63) is 65.2 Å². The molecule has 8 nitrogen and oxygen atoms in total. The number of sulfone groups is 1. The summed E-state index contributed by atoms with van der Waals surface area (Å²) < 4.78 is 95.2. The molecule has 0 radical (unpaired) electrons. The number of carbonyl (C=O) groups is 2. The Morgan fingerprint density at radius 2 is 1.66 bits per heavy atom. The Morgan fingerprint density at radius 3 is 2.29 bits per heavy atom.